The van der Waals surface area contributed by atoms with Gasteiger partial charge in [-0.05, 0) is 43.7 Å². The molecule has 1 fully saturated rings. The van der Waals surface area contributed by atoms with Crippen LogP contribution in [0.1, 0.15) is 19.4 Å². The third-order valence-electron chi connectivity index (χ3n) is 6.11. The van der Waals surface area contributed by atoms with Crippen LogP contribution >= 0.6 is 0 Å². The van der Waals surface area contributed by atoms with E-state index in [4.69, 9.17) is 4.74 Å². The van der Waals surface area contributed by atoms with Gasteiger partial charge in [0.05, 0.1) is 17.5 Å². The maximum Gasteiger partial charge on any atom is 0.331 e. The lowest BCUT2D eigenvalue weighted by atomic mass is 10.2. The first-order valence-electron chi connectivity index (χ1n) is 11.5. The Morgan fingerprint density at radius 2 is 1.61 bits per heavy atom. The van der Waals surface area contributed by atoms with Crippen LogP contribution in [0.15, 0.2) is 58.1 Å². The van der Waals surface area contributed by atoms with E-state index in [1.54, 1.807) is 36.1 Å². The number of fused-ring (bicyclic) bond motifs is 1. The summed E-state index contributed by atoms with van der Waals surface area (Å²) in [6.07, 6.45) is 0. The van der Waals surface area contributed by atoms with Crippen molar-refractivity contribution >= 4 is 16.8 Å². The fourth-order valence-corrected chi connectivity index (χ4v) is 4.31. The third-order valence-corrected chi connectivity index (χ3v) is 6.11. The van der Waals surface area contributed by atoms with Crippen molar-refractivity contribution in [1.29, 1.82) is 0 Å². The zero-order valence-electron chi connectivity index (χ0n) is 19.2. The van der Waals surface area contributed by atoms with Gasteiger partial charge in [-0.2, -0.15) is 0 Å². The van der Waals surface area contributed by atoms with Crippen LogP contribution in [0, 0.1) is 0 Å². The van der Waals surface area contributed by atoms with Gasteiger partial charge in [0.15, 0.2) is 0 Å². The fraction of sp³-hybridized carbons (Fsp3) is 0.400. The van der Waals surface area contributed by atoms with E-state index in [9.17, 15) is 14.4 Å². The second-order valence-corrected chi connectivity index (χ2v) is 8.17. The summed E-state index contributed by atoms with van der Waals surface area (Å²) >= 11 is 0. The molecular formula is C25H30N4O4. The van der Waals surface area contributed by atoms with Crippen LogP contribution in [0.25, 0.3) is 10.9 Å². The topological polar surface area (TPSA) is 76.8 Å². The van der Waals surface area contributed by atoms with E-state index >= 15 is 0 Å². The van der Waals surface area contributed by atoms with Crippen molar-refractivity contribution in [2.45, 2.75) is 33.5 Å². The van der Waals surface area contributed by atoms with Gasteiger partial charge < -0.3 is 9.64 Å². The number of nitrogens with zero attached hydrogens (tertiary/aromatic N) is 4. The van der Waals surface area contributed by atoms with Crippen molar-refractivity contribution in [1.82, 2.24) is 18.9 Å². The zero-order valence-corrected chi connectivity index (χ0v) is 19.2. The van der Waals surface area contributed by atoms with Crippen LogP contribution in [0.4, 0.5) is 0 Å². The highest BCUT2D eigenvalue weighted by Crippen LogP contribution is 2.15. The molecule has 1 aliphatic rings. The van der Waals surface area contributed by atoms with E-state index in [1.807, 2.05) is 19.1 Å². The van der Waals surface area contributed by atoms with Crippen molar-refractivity contribution in [3.63, 3.8) is 0 Å². The van der Waals surface area contributed by atoms with Gasteiger partial charge in [-0.1, -0.05) is 24.3 Å². The summed E-state index contributed by atoms with van der Waals surface area (Å²) in [5.41, 5.74) is 0.950. The molecule has 1 aliphatic heterocycles. The molecule has 2 aromatic carbocycles. The molecule has 0 unspecified atom stereocenters. The number of para-hydroxylation sites is 1. The smallest absolute Gasteiger partial charge is 0.331 e. The van der Waals surface area contributed by atoms with E-state index in [1.165, 1.54) is 14.7 Å². The molecule has 8 heteroatoms. The Labute approximate surface area is 192 Å². The number of carbonyl (C=O) groups is 1. The molecule has 0 atom stereocenters. The van der Waals surface area contributed by atoms with Crippen LogP contribution in [-0.4, -0.2) is 57.6 Å². The Hall–Kier alpha value is -3.39. The molecule has 1 saturated heterocycles. The summed E-state index contributed by atoms with van der Waals surface area (Å²) in [6.45, 7) is 8.13. The maximum absolute atomic E-state index is 13.1. The number of hydrogen-bond acceptors (Lipinski definition) is 5. The van der Waals surface area contributed by atoms with Crippen LogP contribution in [0.2, 0.25) is 0 Å². The molecule has 2 heterocycles. The van der Waals surface area contributed by atoms with Gasteiger partial charge in [-0.15, -0.1) is 0 Å². The molecule has 4 rings (SSSR count). The lowest BCUT2D eigenvalue weighted by Crippen LogP contribution is -2.50. The lowest BCUT2D eigenvalue weighted by Gasteiger charge is -2.35. The zero-order chi connectivity index (χ0) is 23.4. The van der Waals surface area contributed by atoms with Gasteiger partial charge in [0, 0.05) is 39.3 Å². The molecule has 0 radical (unpaired) electrons. The molecule has 1 amide bonds. The summed E-state index contributed by atoms with van der Waals surface area (Å²) in [7, 11) is 0. The first kappa shape index (κ1) is 22.8. The second-order valence-electron chi connectivity index (χ2n) is 8.17. The van der Waals surface area contributed by atoms with Gasteiger partial charge in [-0.3, -0.25) is 23.6 Å². The molecule has 3 aromatic rings. The van der Waals surface area contributed by atoms with Crippen molar-refractivity contribution < 1.29 is 9.53 Å². The van der Waals surface area contributed by atoms with Crippen LogP contribution in [-0.2, 0) is 24.4 Å². The summed E-state index contributed by atoms with van der Waals surface area (Å²) in [5.74, 6) is 0.762. The van der Waals surface area contributed by atoms with Crippen molar-refractivity contribution in [3.8, 4) is 5.75 Å². The lowest BCUT2D eigenvalue weighted by molar-refractivity contribution is -0.133. The SMILES string of the molecule is CCOc1ccc(CN2CCN(C(=O)Cn3c(=O)n(CC)c(=O)c4ccccc43)CC2)cc1. The Morgan fingerprint density at radius 3 is 2.27 bits per heavy atom. The Morgan fingerprint density at radius 1 is 0.909 bits per heavy atom. The van der Waals surface area contributed by atoms with Gasteiger partial charge in [0.25, 0.3) is 5.56 Å². The fourth-order valence-electron chi connectivity index (χ4n) is 4.31. The van der Waals surface area contributed by atoms with E-state index in [0.717, 1.165) is 25.4 Å². The predicted molar refractivity (Wildman–Crippen MR) is 128 cm³/mol. The number of benzene rings is 2. The molecule has 174 valence electrons. The molecule has 0 aliphatic carbocycles. The highest BCUT2D eigenvalue weighted by molar-refractivity contribution is 5.81. The first-order valence-corrected chi connectivity index (χ1v) is 11.5. The molecule has 1 aromatic heterocycles. The van der Waals surface area contributed by atoms with Gasteiger partial charge in [0.1, 0.15) is 12.3 Å². The van der Waals surface area contributed by atoms with E-state index in [-0.39, 0.29) is 24.6 Å². The van der Waals surface area contributed by atoms with Crippen molar-refractivity contribution in [3.05, 3.63) is 74.9 Å². The standard InChI is InChI=1S/C25H30N4O4/c1-3-28-24(31)21-7-5-6-8-22(21)29(25(28)32)18-23(30)27-15-13-26(14-16-27)17-19-9-11-20(12-10-19)33-4-2/h5-12H,3-4,13-18H2,1-2H3. The maximum atomic E-state index is 13.1. The Kier molecular flexibility index (Phi) is 6.93. The highest BCUT2D eigenvalue weighted by atomic mass is 16.5. The largest absolute Gasteiger partial charge is 0.494 e. The molecule has 0 spiro atoms. The summed E-state index contributed by atoms with van der Waals surface area (Å²) in [4.78, 5) is 42.7. The van der Waals surface area contributed by atoms with E-state index in [2.05, 4.69) is 17.0 Å². The highest BCUT2D eigenvalue weighted by Gasteiger charge is 2.23. The molecule has 0 saturated carbocycles. The minimum Gasteiger partial charge on any atom is -0.494 e. The van der Waals surface area contributed by atoms with Crippen molar-refractivity contribution in [2.75, 3.05) is 32.8 Å². The van der Waals surface area contributed by atoms with E-state index < -0.39 is 5.69 Å². The predicted octanol–water partition coefficient (Wildman–Crippen LogP) is 1.93. The number of ether oxygens (including phenoxy) is 1. The van der Waals surface area contributed by atoms with Gasteiger partial charge in [-0.25, -0.2) is 4.79 Å². The summed E-state index contributed by atoms with van der Waals surface area (Å²) < 4.78 is 8.11. The second kappa shape index (κ2) is 10.0. The number of carbonyl (C=O) groups excluding carboxylic acids is 1. The molecule has 33 heavy (non-hydrogen) atoms. The minimum atomic E-state index is -0.441. The number of amides is 1. The number of piperazine rings is 1. The summed E-state index contributed by atoms with van der Waals surface area (Å²) in [5, 5.41) is 0.451. The molecule has 8 nitrogen and oxygen atoms in total. The van der Waals surface area contributed by atoms with Gasteiger partial charge >= 0.3 is 5.69 Å². The average Bonchev–Trinajstić information content (AvgIpc) is 2.84. The summed E-state index contributed by atoms with van der Waals surface area (Å²) in [6, 6.07) is 15.1. The van der Waals surface area contributed by atoms with Gasteiger partial charge in [0.2, 0.25) is 5.91 Å². The van der Waals surface area contributed by atoms with E-state index in [0.29, 0.717) is 30.6 Å². The number of aromatic nitrogens is 2. The number of hydrogen-bond donors (Lipinski definition) is 0. The van der Waals surface area contributed by atoms with Crippen LogP contribution in [0.5, 0.6) is 5.75 Å². The normalized spacial score (nSPS) is 14.5. The quantitative estimate of drug-likeness (QED) is 0.550. The molecular weight excluding hydrogens is 420 g/mol. The average molecular weight is 451 g/mol. The van der Waals surface area contributed by atoms with Crippen molar-refractivity contribution in [2.24, 2.45) is 0 Å². The Balaban J connectivity index is 1.42. The molecule has 0 bridgehead atoms. The third kappa shape index (κ3) is 4.85. The number of rotatable bonds is 7. The first-order chi connectivity index (χ1) is 16.0. The Bertz CT molecular complexity index is 1240. The monoisotopic (exact) mass is 450 g/mol. The minimum absolute atomic E-state index is 0.0709. The molecule has 0 N–H and O–H groups in total. The van der Waals surface area contributed by atoms with Crippen LogP contribution in [0.3, 0.4) is 0 Å². The van der Waals surface area contributed by atoms with Crippen LogP contribution < -0.4 is 16.0 Å².